The monoisotopic (exact) mass is 227 g/mol. The van der Waals surface area contributed by atoms with Gasteiger partial charge in [-0.2, -0.15) is 0 Å². The Morgan fingerprint density at radius 3 is 1.92 bits per heavy atom. The summed E-state index contributed by atoms with van der Waals surface area (Å²) in [7, 11) is 0. The molecule has 12 heavy (non-hydrogen) atoms. The van der Waals surface area contributed by atoms with Crippen LogP contribution in [-0.2, 0) is 5.41 Å². The SMILES string of the molecule is CC(C)(C)c1ccc(NBr)cc1. The molecule has 0 saturated heterocycles. The summed E-state index contributed by atoms with van der Waals surface area (Å²) in [6.07, 6.45) is 0. The fourth-order valence-corrected chi connectivity index (χ4v) is 1.30. The lowest BCUT2D eigenvalue weighted by Gasteiger charge is -2.18. The third kappa shape index (κ3) is 2.24. The molecule has 0 saturated carbocycles. The van der Waals surface area contributed by atoms with Crippen LogP contribution in [0.3, 0.4) is 0 Å². The lowest BCUT2D eigenvalue weighted by atomic mass is 9.87. The van der Waals surface area contributed by atoms with Crippen LogP contribution in [0.5, 0.6) is 0 Å². The van der Waals surface area contributed by atoms with E-state index in [2.05, 4.69) is 65.5 Å². The van der Waals surface area contributed by atoms with Gasteiger partial charge in [0.25, 0.3) is 0 Å². The van der Waals surface area contributed by atoms with Crippen molar-refractivity contribution in [2.24, 2.45) is 0 Å². The van der Waals surface area contributed by atoms with E-state index in [0.717, 1.165) is 5.69 Å². The average molecular weight is 228 g/mol. The van der Waals surface area contributed by atoms with Gasteiger partial charge in [-0.05, 0) is 23.1 Å². The number of halogens is 1. The van der Waals surface area contributed by atoms with Gasteiger partial charge in [0.05, 0.1) is 0 Å². The van der Waals surface area contributed by atoms with Crippen molar-refractivity contribution in [2.45, 2.75) is 26.2 Å². The summed E-state index contributed by atoms with van der Waals surface area (Å²) in [4.78, 5) is 0. The number of anilines is 1. The lowest BCUT2D eigenvalue weighted by molar-refractivity contribution is 0.590. The highest BCUT2D eigenvalue weighted by Gasteiger charge is 2.12. The molecule has 2 heteroatoms. The van der Waals surface area contributed by atoms with E-state index in [0.29, 0.717) is 0 Å². The summed E-state index contributed by atoms with van der Waals surface area (Å²) in [5.74, 6) is 0. The van der Waals surface area contributed by atoms with Gasteiger partial charge >= 0.3 is 0 Å². The molecule has 0 heterocycles. The largest absolute Gasteiger partial charge is 0.322 e. The molecule has 0 aromatic heterocycles. The standard InChI is InChI=1S/C10H14BrN/c1-10(2,3)8-4-6-9(12-11)7-5-8/h4-7,12H,1-3H3. The molecule has 0 spiro atoms. The average Bonchev–Trinajstić information content (AvgIpc) is 2.03. The van der Waals surface area contributed by atoms with Gasteiger partial charge in [0.15, 0.2) is 0 Å². The molecule has 1 nitrogen and oxygen atoms in total. The fourth-order valence-electron chi connectivity index (χ4n) is 1.03. The van der Waals surface area contributed by atoms with E-state index in [1.807, 2.05) is 0 Å². The number of hydrogen-bond donors (Lipinski definition) is 1. The topological polar surface area (TPSA) is 12.0 Å². The summed E-state index contributed by atoms with van der Waals surface area (Å²) in [5.41, 5.74) is 2.68. The molecular weight excluding hydrogens is 214 g/mol. The van der Waals surface area contributed by atoms with Gasteiger partial charge in [0.1, 0.15) is 0 Å². The predicted molar refractivity (Wildman–Crippen MR) is 57.7 cm³/mol. The minimum atomic E-state index is 0.241. The van der Waals surface area contributed by atoms with Gasteiger partial charge in [-0.3, -0.25) is 0 Å². The van der Waals surface area contributed by atoms with Crippen LogP contribution in [0.15, 0.2) is 24.3 Å². The van der Waals surface area contributed by atoms with Crippen molar-refractivity contribution < 1.29 is 0 Å². The summed E-state index contributed by atoms with van der Waals surface area (Å²) >= 11 is 3.18. The zero-order chi connectivity index (χ0) is 9.19. The van der Waals surface area contributed by atoms with Crippen molar-refractivity contribution in [3.63, 3.8) is 0 Å². The van der Waals surface area contributed by atoms with E-state index in [-0.39, 0.29) is 5.41 Å². The van der Waals surface area contributed by atoms with E-state index in [9.17, 15) is 0 Å². The Morgan fingerprint density at radius 2 is 1.58 bits per heavy atom. The normalized spacial score (nSPS) is 11.3. The van der Waals surface area contributed by atoms with Crippen molar-refractivity contribution in [3.05, 3.63) is 29.8 Å². The second kappa shape index (κ2) is 3.48. The molecule has 1 aromatic carbocycles. The smallest absolute Gasteiger partial charge is 0.0465 e. The molecule has 0 unspecified atom stereocenters. The first-order chi connectivity index (χ1) is 5.54. The van der Waals surface area contributed by atoms with Gasteiger partial charge in [0.2, 0.25) is 0 Å². The molecule has 0 radical (unpaired) electrons. The van der Waals surface area contributed by atoms with Gasteiger partial charge in [0, 0.05) is 21.8 Å². The van der Waals surface area contributed by atoms with Crippen LogP contribution in [0, 0.1) is 0 Å². The van der Waals surface area contributed by atoms with Crippen molar-refractivity contribution in [1.29, 1.82) is 0 Å². The van der Waals surface area contributed by atoms with Crippen molar-refractivity contribution in [1.82, 2.24) is 0 Å². The van der Waals surface area contributed by atoms with Crippen LogP contribution in [-0.4, -0.2) is 0 Å². The van der Waals surface area contributed by atoms with Gasteiger partial charge < -0.3 is 4.34 Å². The molecule has 0 amide bonds. The maximum absolute atomic E-state index is 3.18. The third-order valence-electron chi connectivity index (χ3n) is 1.86. The summed E-state index contributed by atoms with van der Waals surface area (Å²) in [6.45, 7) is 6.64. The van der Waals surface area contributed by atoms with Crippen LogP contribution in [0.4, 0.5) is 5.69 Å². The Hall–Kier alpha value is -0.500. The molecule has 0 fully saturated rings. The summed E-state index contributed by atoms with van der Waals surface area (Å²) in [5, 5.41) is 0. The zero-order valence-corrected chi connectivity index (χ0v) is 9.27. The molecule has 0 aliphatic rings. The predicted octanol–water partition coefficient (Wildman–Crippen LogP) is 3.71. The Bertz CT molecular complexity index is 246. The number of nitrogens with one attached hydrogen (secondary N) is 1. The van der Waals surface area contributed by atoms with Crippen LogP contribution >= 0.6 is 16.1 Å². The number of benzene rings is 1. The minimum absolute atomic E-state index is 0.241. The molecular formula is C10H14BrN. The molecule has 1 N–H and O–H groups in total. The maximum Gasteiger partial charge on any atom is 0.0465 e. The van der Waals surface area contributed by atoms with Crippen LogP contribution < -0.4 is 4.34 Å². The first-order valence-electron chi connectivity index (χ1n) is 4.01. The maximum atomic E-state index is 3.18. The van der Waals surface area contributed by atoms with Gasteiger partial charge in [-0.1, -0.05) is 32.9 Å². The number of rotatable bonds is 1. The highest BCUT2D eigenvalue weighted by Crippen LogP contribution is 2.23. The van der Waals surface area contributed by atoms with E-state index >= 15 is 0 Å². The Kier molecular flexibility index (Phi) is 2.78. The highest BCUT2D eigenvalue weighted by atomic mass is 79.9. The van der Waals surface area contributed by atoms with Crippen molar-refractivity contribution in [2.75, 3.05) is 4.34 Å². The van der Waals surface area contributed by atoms with E-state index < -0.39 is 0 Å². The highest BCUT2D eigenvalue weighted by molar-refractivity contribution is 9.10. The Balaban J connectivity index is 2.93. The van der Waals surface area contributed by atoms with Crippen LogP contribution in [0.25, 0.3) is 0 Å². The summed E-state index contributed by atoms with van der Waals surface area (Å²) in [6, 6.07) is 8.41. The van der Waals surface area contributed by atoms with Crippen LogP contribution in [0.2, 0.25) is 0 Å². The third-order valence-corrected chi connectivity index (χ3v) is 2.32. The molecule has 0 aliphatic carbocycles. The summed E-state index contributed by atoms with van der Waals surface area (Å²) < 4.78 is 2.92. The van der Waals surface area contributed by atoms with Gasteiger partial charge in [-0.25, -0.2) is 0 Å². The minimum Gasteiger partial charge on any atom is -0.322 e. The first kappa shape index (κ1) is 9.59. The molecule has 1 aromatic rings. The van der Waals surface area contributed by atoms with E-state index in [1.165, 1.54) is 5.56 Å². The van der Waals surface area contributed by atoms with Crippen molar-refractivity contribution >= 4 is 21.8 Å². The second-order valence-electron chi connectivity index (χ2n) is 3.92. The van der Waals surface area contributed by atoms with Crippen LogP contribution in [0.1, 0.15) is 26.3 Å². The Labute approximate surface area is 82.5 Å². The van der Waals surface area contributed by atoms with Gasteiger partial charge in [-0.15, -0.1) is 0 Å². The van der Waals surface area contributed by atoms with E-state index in [1.54, 1.807) is 0 Å². The molecule has 0 atom stereocenters. The quantitative estimate of drug-likeness (QED) is 0.722. The number of hydrogen-bond acceptors (Lipinski definition) is 1. The first-order valence-corrected chi connectivity index (χ1v) is 4.80. The second-order valence-corrected chi connectivity index (χ2v) is 4.32. The molecule has 0 bridgehead atoms. The molecule has 1 rings (SSSR count). The lowest BCUT2D eigenvalue weighted by Crippen LogP contribution is -2.10. The van der Waals surface area contributed by atoms with Crippen molar-refractivity contribution in [3.8, 4) is 0 Å². The Morgan fingerprint density at radius 1 is 1.08 bits per heavy atom. The zero-order valence-electron chi connectivity index (χ0n) is 7.69. The fraction of sp³-hybridized carbons (Fsp3) is 0.400. The van der Waals surface area contributed by atoms with E-state index in [4.69, 9.17) is 0 Å². The molecule has 66 valence electrons. The molecule has 0 aliphatic heterocycles.